The summed E-state index contributed by atoms with van der Waals surface area (Å²) in [4.78, 5) is 66.0. The molecule has 0 bridgehead atoms. The molecule has 2 heterocycles. The van der Waals surface area contributed by atoms with Crippen LogP contribution in [0.15, 0.2) is 78.9 Å². The van der Waals surface area contributed by atoms with Gasteiger partial charge in [0, 0.05) is 59.7 Å². The lowest BCUT2D eigenvalue weighted by atomic mass is 9.77. The summed E-state index contributed by atoms with van der Waals surface area (Å²) in [5, 5.41) is 9.75. The zero-order valence-electron chi connectivity index (χ0n) is 26.8. The third-order valence-electron chi connectivity index (χ3n) is 8.28. The van der Waals surface area contributed by atoms with Crippen LogP contribution in [0.4, 0.5) is 11.4 Å². The number of hydrogen-bond donors (Lipinski definition) is 1. The fourth-order valence-corrected chi connectivity index (χ4v) is 5.92. The molecule has 2 aliphatic rings. The first-order chi connectivity index (χ1) is 23.4. The lowest BCUT2D eigenvalue weighted by Crippen LogP contribution is -2.40. The summed E-state index contributed by atoms with van der Waals surface area (Å²) < 4.78 is 27.3. The molecule has 13 heteroatoms. The highest BCUT2D eigenvalue weighted by Gasteiger charge is 2.54. The van der Waals surface area contributed by atoms with Gasteiger partial charge in [0.25, 0.3) is 5.91 Å². The first-order valence-electron chi connectivity index (χ1n) is 14.9. The second kappa shape index (κ2) is 12.7. The zero-order chi connectivity index (χ0) is 35.0. The Morgan fingerprint density at radius 2 is 1.37 bits per heavy atom. The van der Waals surface area contributed by atoms with E-state index >= 15 is 0 Å². The highest BCUT2D eigenvalue weighted by molar-refractivity contribution is 6.03. The molecule has 0 saturated heterocycles. The van der Waals surface area contributed by atoms with E-state index in [4.69, 9.17) is 14.2 Å². The third-order valence-corrected chi connectivity index (χ3v) is 8.28. The molecule has 250 valence electrons. The van der Waals surface area contributed by atoms with Gasteiger partial charge in [-0.3, -0.25) is 19.2 Å². The predicted octanol–water partition coefficient (Wildman–Crippen LogP) is 4.44. The van der Waals surface area contributed by atoms with Crippen LogP contribution in [-0.2, 0) is 34.2 Å². The SMILES string of the molecule is COC(=O)CN(CC(=O)OC)C(=O)c1ccc2c(c1)C(=O)OC21c2ccc(OC(C)=O)cc2Oc2cc(N(C)c3ccc(O)cc3)ccc21. The maximum absolute atomic E-state index is 13.7. The molecule has 0 aromatic heterocycles. The van der Waals surface area contributed by atoms with Gasteiger partial charge in [-0.2, -0.15) is 0 Å². The molecule has 6 rings (SSSR count). The average molecular weight is 667 g/mol. The van der Waals surface area contributed by atoms with E-state index in [1.54, 1.807) is 54.6 Å². The Bertz CT molecular complexity index is 2010. The Hall–Kier alpha value is -6.37. The second-order valence-corrected chi connectivity index (χ2v) is 11.3. The van der Waals surface area contributed by atoms with Crippen molar-refractivity contribution in [2.75, 3.05) is 39.3 Å². The summed E-state index contributed by atoms with van der Waals surface area (Å²) in [6, 6.07) is 21.2. The minimum atomic E-state index is -1.53. The number of carbonyl (C=O) groups excluding carboxylic acids is 5. The van der Waals surface area contributed by atoms with Crippen LogP contribution in [0.5, 0.6) is 23.0 Å². The molecular formula is C36H30N2O11. The van der Waals surface area contributed by atoms with Crippen molar-refractivity contribution in [1.82, 2.24) is 4.90 Å². The van der Waals surface area contributed by atoms with E-state index in [9.17, 15) is 29.1 Å². The van der Waals surface area contributed by atoms with Gasteiger partial charge < -0.3 is 38.6 Å². The van der Waals surface area contributed by atoms with Gasteiger partial charge in [-0.05, 0) is 60.7 Å². The van der Waals surface area contributed by atoms with Crippen LogP contribution in [0.2, 0.25) is 0 Å². The number of fused-ring (bicyclic) bond motifs is 6. The topological polar surface area (TPSA) is 158 Å². The average Bonchev–Trinajstić information content (AvgIpc) is 3.38. The highest BCUT2D eigenvalue weighted by atomic mass is 16.6. The molecule has 13 nitrogen and oxygen atoms in total. The maximum atomic E-state index is 13.7. The number of methoxy groups -OCH3 is 2. The Balaban J connectivity index is 1.47. The second-order valence-electron chi connectivity index (χ2n) is 11.3. The first-order valence-corrected chi connectivity index (χ1v) is 14.9. The molecular weight excluding hydrogens is 636 g/mol. The van der Waals surface area contributed by atoms with E-state index in [1.807, 2.05) is 18.0 Å². The number of hydrogen-bond acceptors (Lipinski definition) is 12. The van der Waals surface area contributed by atoms with E-state index in [2.05, 4.69) is 9.47 Å². The van der Waals surface area contributed by atoms with Gasteiger partial charge in [0.05, 0.1) is 19.8 Å². The molecule has 2 aliphatic heterocycles. The minimum Gasteiger partial charge on any atom is -0.508 e. The minimum absolute atomic E-state index is 0.0177. The molecule has 0 fully saturated rings. The van der Waals surface area contributed by atoms with Crippen molar-refractivity contribution >= 4 is 41.2 Å². The lowest BCUT2D eigenvalue weighted by Gasteiger charge is -2.37. The van der Waals surface area contributed by atoms with Gasteiger partial charge in [0.2, 0.25) is 0 Å². The molecule has 0 aliphatic carbocycles. The molecule has 0 saturated carbocycles. The normalized spacial score (nSPS) is 15.1. The van der Waals surface area contributed by atoms with Crippen LogP contribution in [0.1, 0.15) is 44.3 Å². The van der Waals surface area contributed by atoms with Gasteiger partial charge in [0.1, 0.15) is 36.1 Å². The Morgan fingerprint density at radius 1 is 0.776 bits per heavy atom. The Labute approximate surface area is 280 Å². The molecule has 4 aromatic carbocycles. The molecule has 1 atom stereocenters. The molecule has 1 spiro atoms. The van der Waals surface area contributed by atoms with Crippen LogP contribution in [-0.4, -0.2) is 74.1 Å². The maximum Gasteiger partial charge on any atom is 0.340 e. The number of anilines is 2. The quantitative estimate of drug-likeness (QED) is 0.160. The molecule has 4 aromatic rings. The van der Waals surface area contributed by atoms with Gasteiger partial charge in [0.15, 0.2) is 5.60 Å². The number of esters is 4. The number of nitrogens with zero attached hydrogens (tertiary/aromatic N) is 2. The van der Waals surface area contributed by atoms with Crippen molar-refractivity contribution in [2.45, 2.75) is 12.5 Å². The molecule has 49 heavy (non-hydrogen) atoms. The summed E-state index contributed by atoms with van der Waals surface area (Å²) in [5.74, 6) is -2.54. The number of aromatic hydroxyl groups is 1. The number of phenolic OH excluding ortho intramolecular Hbond substituents is 1. The summed E-state index contributed by atoms with van der Waals surface area (Å²) in [6.07, 6.45) is 0. The van der Waals surface area contributed by atoms with Crippen molar-refractivity contribution in [3.8, 4) is 23.0 Å². The van der Waals surface area contributed by atoms with Crippen molar-refractivity contribution in [2.24, 2.45) is 0 Å². The number of benzene rings is 4. The number of ether oxygens (including phenoxy) is 5. The number of rotatable bonds is 8. The number of phenols is 1. The van der Waals surface area contributed by atoms with E-state index in [0.29, 0.717) is 28.1 Å². The Morgan fingerprint density at radius 3 is 2.00 bits per heavy atom. The summed E-state index contributed by atoms with van der Waals surface area (Å²) in [6.45, 7) is 0.215. The molecule has 1 amide bonds. The van der Waals surface area contributed by atoms with Crippen molar-refractivity contribution in [3.63, 3.8) is 0 Å². The lowest BCUT2D eigenvalue weighted by molar-refractivity contribution is -0.144. The van der Waals surface area contributed by atoms with E-state index in [1.165, 1.54) is 25.1 Å². The summed E-state index contributed by atoms with van der Waals surface area (Å²) in [7, 11) is 4.15. The van der Waals surface area contributed by atoms with Gasteiger partial charge in [-0.15, -0.1) is 0 Å². The van der Waals surface area contributed by atoms with Crippen LogP contribution < -0.4 is 14.4 Å². The summed E-state index contributed by atoms with van der Waals surface area (Å²) in [5.41, 5.74) is 1.41. The first kappa shape index (κ1) is 32.6. The Kier molecular flexibility index (Phi) is 8.42. The predicted molar refractivity (Wildman–Crippen MR) is 172 cm³/mol. The third kappa shape index (κ3) is 5.86. The fraction of sp³-hybridized carbons (Fsp3) is 0.194. The molecule has 1 N–H and O–H groups in total. The van der Waals surface area contributed by atoms with Gasteiger partial charge in [-0.1, -0.05) is 6.07 Å². The van der Waals surface area contributed by atoms with Crippen LogP contribution in [0.25, 0.3) is 0 Å². The monoisotopic (exact) mass is 666 g/mol. The highest BCUT2D eigenvalue weighted by Crippen LogP contribution is 2.57. The number of amides is 1. The fourth-order valence-electron chi connectivity index (χ4n) is 5.92. The molecule has 1 unspecified atom stereocenters. The van der Waals surface area contributed by atoms with Crippen LogP contribution in [0.3, 0.4) is 0 Å². The number of carbonyl (C=O) groups is 5. The van der Waals surface area contributed by atoms with Gasteiger partial charge >= 0.3 is 23.9 Å². The van der Waals surface area contributed by atoms with E-state index < -0.39 is 48.5 Å². The largest absolute Gasteiger partial charge is 0.508 e. The standard InChI is InChI=1S/C36H30N2O11/c1-20(39)47-25-11-14-29-31(17-25)48-30-16-23(37(2)22-6-9-24(40)10-7-22)8-13-28(30)36(29)27-12-5-21(15-26(27)35(44)49-36)34(43)38(18-32(41)45-3)19-33(42)46-4/h5-17,40H,18-19H2,1-4H3. The van der Waals surface area contributed by atoms with E-state index in [0.717, 1.165) is 24.8 Å². The molecule has 0 radical (unpaired) electrons. The van der Waals surface area contributed by atoms with Gasteiger partial charge in [-0.25, -0.2) is 4.79 Å². The zero-order valence-corrected chi connectivity index (χ0v) is 26.8. The van der Waals surface area contributed by atoms with Crippen LogP contribution in [0, 0.1) is 0 Å². The van der Waals surface area contributed by atoms with Crippen molar-refractivity contribution in [1.29, 1.82) is 0 Å². The summed E-state index contributed by atoms with van der Waals surface area (Å²) >= 11 is 0. The smallest absolute Gasteiger partial charge is 0.340 e. The van der Waals surface area contributed by atoms with Crippen LogP contribution >= 0.6 is 0 Å². The van der Waals surface area contributed by atoms with E-state index in [-0.39, 0.29) is 28.4 Å². The van der Waals surface area contributed by atoms with Crippen molar-refractivity contribution in [3.05, 3.63) is 107 Å². The van der Waals surface area contributed by atoms with Crippen molar-refractivity contribution < 1.29 is 52.8 Å².